The van der Waals surface area contributed by atoms with Gasteiger partial charge in [-0.1, -0.05) is 6.92 Å². The SMILES string of the molecule is CN=C1NC2C(=C(C)O1)C2C. The highest BCUT2D eigenvalue weighted by Gasteiger charge is 2.46. The van der Waals surface area contributed by atoms with Crippen molar-refractivity contribution in [3.8, 4) is 0 Å². The Kier molecular flexibility index (Phi) is 1.22. The topological polar surface area (TPSA) is 33.6 Å². The molecule has 2 atom stereocenters. The smallest absolute Gasteiger partial charge is 0.290 e. The molecule has 11 heavy (non-hydrogen) atoms. The van der Waals surface area contributed by atoms with Crippen molar-refractivity contribution >= 4 is 6.02 Å². The van der Waals surface area contributed by atoms with Gasteiger partial charge in [-0.15, -0.1) is 0 Å². The molecule has 60 valence electrons. The van der Waals surface area contributed by atoms with E-state index in [-0.39, 0.29) is 0 Å². The zero-order chi connectivity index (χ0) is 8.01. The van der Waals surface area contributed by atoms with E-state index in [0.717, 1.165) is 5.76 Å². The summed E-state index contributed by atoms with van der Waals surface area (Å²) in [4.78, 5) is 3.96. The van der Waals surface area contributed by atoms with Crippen LogP contribution in [0.5, 0.6) is 0 Å². The maximum atomic E-state index is 5.38. The molecule has 2 unspecified atom stereocenters. The van der Waals surface area contributed by atoms with E-state index in [0.29, 0.717) is 18.0 Å². The second kappa shape index (κ2) is 2.00. The minimum Gasteiger partial charge on any atom is -0.431 e. The second-order valence-corrected chi connectivity index (χ2v) is 3.05. The number of hydrogen-bond acceptors (Lipinski definition) is 2. The van der Waals surface area contributed by atoms with Crippen LogP contribution in [-0.4, -0.2) is 19.1 Å². The zero-order valence-electron chi connectivity index (χ0n) is 7.01. The van der Waals surface area contributed by atoms with Gasteiger partial charge in [0.15, 0.2) is 0 Å². The van der Waals surface area contributed by atoms with Crippen molar-refractivity contribution < 1.29 is 4.74 Å². The molecule has 3 heteroatoms. The molecule has 1 heterocycles. The molecule has 0 bridgehead atoms. The van der Waals surface area contributed by atoms with Crippen LogP contribution in [0.2, 0.25) is 0 Å². The van der Waals surface area contributed by atoms with Gasteiger partial charge in [0.1, 0.15) is 5.76 Å². The number of hydrogen-bond donors (Lipinski definition) is 1. The number of fused-ring (bicyclic) bond motifs is 1. The molecule has 0 spiro atoms. The molecule has 0 aromatic heterocycles. The number of aliphatic imine (C=N–C) groups is 1. The lowest BCUT2D eigenvalue weighted by Crippen LogP contribution is -2.31. The van der Waals surface area contributed by atoms with Crippen molar-refractivity contribution in [1.29, 1.82) is 0 Å². The number of rotatable bonds is 0. The average molecular weight is 152 g/mol. The van der Waals surface area contributed by atoms with Crippen LogP contribution in [-0.2, 0) is 4.74 Å². The van der Waals surface area contributed by atoms with Gasteiger partial charge in [0.2, 0.25) is 0 Å². The molecule has 2 aliphatic rings. The first-order chi connectivity index (χ1) is 5.24. The lowest BCUT2D eigenvalue weighted by Gasteiger charge is -2.13. The third-order valence-electron chi connectivity index (χ3n) is 2.35. The van der Waals surface area contributed by atoms with Crippen LogP contribution < -0.4 is 5.32 Å². The average Bonchev–Trinajstić information content (AvgIpc) is 2.63. The van der Waals surface area contributed by atoms with Gasteiger partial charge in [0.05, 0.1) is 6.04 Å². The van der Waals surface area contributed by atoms with Crippen molar-refractivity contribution in [1.82, 2.24) is 5.32 Å². The summed E-state index contributed by atoms with van der Waals surface area (Å²) in [6.45, 7) is 4.19. The Morgan fingerprint density at radius 3 is 2.82 bits per heavy atom. The number of amidine groups is 1. The summed E-state index contributed by atoms with van der Waals surface area (Å²) >= 11 is 0. The molecule has 1 aliphatic carbocycles. The zero-order valence-corrected chi connectivity index (χ0v) is 7.01. The Bertz CT molecular complexity index is 255. The third kappa shape index (κ3) is 0.836. The van der Waals surface area contributed by atoms with E-state index in [1.807, 2.05) is 6.92 Å². The summed E-state index contributed by atoms with van der Waals surface area (Å²) in [6, 6.07) is 1.16. The van der Waals surface area contributed by atoms with E-state index < -0.39 is 0 Å². The minimum atomic E-state index is 0.502. The summed E-state index contributed by atoms with van der Waals surface area (Å²) in [7, 11) is 1.73. The van der Waals surface area contributed by atoms with Gasteiger partial charge in [-0.25, -0.2) is 4.99 Å². The van der Waals surface area contributed by atoms with E-state index in [9.17, 15) is 0 Å². The van der Waals surface area contributed by atoms with E-state index in [1.54, 1.807) is 7.05 Å². The van der Waals surface area contributed by atoms with Crippen LogP contribution in [0, 0.1) is 5.92 Å². The maximum absolute atomic E-state index is 5.38. The third-order valence-corrected chi connectivity index (χ3v) is 2.35. The summed E-state index contributed by atoms with van der Waals surface area (Å²) in [5.74, 6) is 1.66. The first kappa shape index (κ1) is 6.70. The van der Waals surface area contributed by atoms with Gasteiger partial charge < -0.3 is 10.1 Å². The maximum Gasteiger partial charge on any atom is 0.290 e. The molecule has 0 saturated heterocycles. The Balaban J connectivity index is 2.25. The summed E-state index contributed by atoms with van der Waals surface area (Å²) in [5, 5.41) is 3.19. The van der Waals surface area contributed by atoms with Crippen LogP contribution >= 0.6 is 0 Å². The molecule has 0 aromatic carbocycles. The van der Waals surface area contributed by atoms with E-state index in [2.05, 4.69) is 17.2 Å². The first-order valence-corrected chi connectivity index (χ1v) is 3.86. The largest absolute Gasteiger partial charge is 0.431 e. The first-order valence-electron chi connectivity index (χ1n) is 3.86. The van der Waals surface area contributed by atoms with E-state index in [1.165, 1.54) is 5.57 Å². The standard InChI is InChI=1S/C8H12N2O/c1-4-6-5(2)11-8(9-3)10-7(4)6/h4,7H,1-3H3,(H,9,10). The van der Waals surface area contributed by atoms with Gasteiger partial charge in [0.25, 0.3) is 6.02 Å². The molecule has 2 rings (SSSR count). The molecular weight excluding hydrogens is 140 g/mol. The number of nitrogens with zero attached hydrogens (tertiary/aromatic N) is 1. The van der Waals surface area contributed by atoms with Crippen LogP contribution in [0.1, 0.15) is 13.8 Å². The minimum absolute atomic E-state index is 0.502. The van der Waals surface area contributed by atoms with Crippen LogP contribution in [0.15, 0.2) is 16.3 Å². The number of nitrogens with one attached hydrogen (secondary N) is 1. The Labute approximate surface area is 66.2 Å². The molecule has 1 fully saturated rings. The highest BCUT2D eigenvalue weighted by atomic mass is 16.5. The van der Waals surface area contributed by atoms with Crippen LogP contribution in [0.25, 0.3) is 0 Å². The molecule has 3 nitrogen and oxygen atoms in total. The van der Waals surface area contributed by atoms with Gasteiger partial charge in [0, 0.05) is 13.0 Å². The van der Waals surface area contributed by atoms with Crippen LogP contribution in [0.3, 0.4) is 0 Å². The Hall–Kier alpha value is -0.990. The fourth-order valence-corrected chi connectivity index (χ4v) is 1.61. The predicted octanol–water partition coefficient (Wildman–Crippen LogP) is 0.884. The molecule has 0 radical (unpaired) electrons. The predicted molar refractivity (Wildman–Crippen MR) is 43.2 cm³/mol. The van der Waals surface area contributed by atoms with Crippen molar-refractivity contribution in [2.24, 2.45) is 10.9 Å². The van der Waals surface area contributed by atoms with Crippen molar-refractivity contribution in [2.45, 2.75) is 19.9 Å². The van der Waals surface area contributed by atoms with Crippen molar-refractivity contribution in [3.05, 3.63) is 11.3 Å². The number of allylic oxidation sites excluding steroid dienone is 1. The highest BCUT2D eigenvalue weighted by molar-refractivity contribution is 5.78. The van der Waals surface area contributed by atoms with Crippen molar-refractivity contribution in [2.75, 3.05) is 7.05 Å². The quantitative estimate of drug-likeness (QED) is 0.559. The van der Waals surface area contributed by atoms with Gasteiger partial charge in [-0.05, 0) is 12.5 Å². The second-order valence-electron chi connectivity index (χ2n) is 3.05. The fraction of sp³-hybridized carbons (Fsp3) is 0.625. The molecule has 1 saturated carbocycles. The van der Waals surface area contributed by atoms with Crippen molar-refractivity contribution in [3.63, 3.8) is 0 Å². The van der Waals surface area contributed by atoms with E-state index >= 15 is 0 Å². The normalized spacial score (nSPS) is 37.9. The lowest BCUT2D eigenvalue weighted by atomic mass is 10.4. The van der Waals surface area contributed by atoms with Gasteiger partial charge in [-0.2, -0.15) is 0 Å². The molecular formula is C8H12N2O. The summed E-state index contributed by atoms with van der Waals surface area (Å²) in [5.41, 5.74) is 1.40. The molecule has 1 aliphatic heterocycles. The van der Waals surface area contributed by atoms with E-state index in [4.69, 9.17) is 4.74 Å². The van der Waals surface area contributed by atoms with Crippen LogP contribution in [0.4, 0.5) is 0 Å². The molecule has 0 amide bonds. The monoisotopic (exact) mass is 152 g/mol. The number of ether oxygens (including phenoxy) is 1. The van der Waals surface area contributed by atoms with Gasteiger partial charge in [-0.3, -0.25) is 0 Å². The Morgan fingerprint density at radius 2 is 2.27 bits per heavy atom. The molecule has 0 aromatic rings. The highest BCUT2D eigenvalue weighted by Crippen LogP contribution is 2.42. The Morgan fingerprint density at radius 1 is 1.55 bits per heavy atom. The fourth-order valence-electron chi connectivity index (χ4n) is 1.61. The summed E-state index contributed by atoms with van der Waals surface area (Å²) in [6.07, 6.45) is 0. The lowest BCUT2D eigenvalue weighted by molar-refractivity contribution is 0.379. The van der Waals surface area contributed by atoms with Gasteiger partial charge >= 0.3 is 0 Å². The molecule has 1 N–H and O–H groups in total. The summed E-state index contributed by atoms with van der Waals surface area (Å²) < 4.78 is 5.38.